The minimum Gasteiger partial charge on any atom is -0.496 e. The molecule has 0 aliphatic heterocycles. The molecule has 0 fully saturated rings. The normalized spacial score (nSPS) is 9.95. The molecule has 98 valence electrons. The highest BCUT2D eigenvalue weighted by molar-refractivity contribution is 5.43. The van der Waals surface area contributed by atoms with Gasteiger partial charge in [-0.05, 0) is 18.2 Å². The highest BCUT2D eigenvalue weighted by atomic mass is 16.6. The van der Waals surface area contributed by atoms with Gasteiger partial charge in [0.05, 0.1) is 12.0 Å². The minimum atomic E-state index is -0.439. The number of non-ortho nitro benzene ring substituents is 1. The molecule has 2 aromatic rings. The zero-order valence-corrected chi connectivity index (χ0v) is 10.4. The van der Waals surface area contributed by atoms with Crippen LogP contribution in [0.15, 0.2) is 48.5 Å². The summed E-state index contributed by atoms with van der Waals surface area (Å²) in [5.41, 5.74) is 0.660. The summed E-state index contributed by atoms with van der Waals surface area (Å²) < 4.78 is 10.7. The molecule has 5 heteroatoms. The van der Waals surface area contributed by atoms with Gasteiger partial charge in [0.25, 0.3) is 5.69 Å². The Bertz CT molecular complexity index is 569. The summed E-state index contributed by atoms with van der Waals surface area (Å²) in [6.45, 7) is 0.217. The molecule has 0 aliphatic rings. The zero-order valence-electron chi connectivity index (χ0n) is 10.4. The van der Waals surface area contributed by atoms with Crippen LogP contribution in [0.5, 0.6) is 11.5 Å². The smallest absolute Gasteiger partial charge is 0.270 e. The Balaban J connectivity index is 2.18. The molecule has 0 atom stereocenters. The van der Waals surface area contributed by atoms with Crippen LogP contribution in [0.2, 0.25) is 0 Å². The predicted molar refractivity (Wildman–Crippen MR) is 70.4 cm³/mol. The van der Waals surface area contributed by atoms with Gasteiger partial charge in [-0.1, -0.05) is 18.2 Å². The third-order valence-electron chi connectivity index (χ3n) is 2.61. The molecule has 19 heavy (non-hydrogen) atoms. The van der Waals surface area contributed by atoms with Gasteiger partial charge in [-0.25, -0.2) is 0 Å². The van der Waals surface area contributed by atoms with E-state index in [-0.39, 0.29) is 12.3 Å². The quantitative estimate of drug-likeness (QED) is 0.611. The Hall–Kier alpha value is -2.56. The molecule has 0 N–H and O–H groups in total. The van der Waals surface area contributed by atoms with Crippen LogP contribution in [-0.4, -0.2) is 12.0 Å². The molecule has 0 saturated heterocycles. The Morgan fingerprint density at radius 1 is 1.16 bits per heavy atom. The van der Waals surface area contributed by atoms with Gasteiger partial charge in [0.2, 0.25) is 0 Å². The maximum Gasteiger partial charge on any atom is 0.270 e. The Morgan fingerprint density at radius 3 is 2.53 bits per heavy atom. The molecule has 0 heterocycles. The van der Waals surface area contributed by atoms with Crippen molar-refractivity contribution in [3.8, 4) is 11.5 Å². The second-order valence-electron chi connectivity index (χ2n) is 3.85. The number of para-hydroxylation sites is 1. The van der Waals surface area contributed by atoms with Crippen molar-refractivity contribution in [2.24, 2.45) is 0 Å². The standard InChI is InChI=1S/C14H13NO4/c1-18-14-8-7-12(15(16)17)9-11(14)10-19-13-5-3-2-4-6-13/h2-9H,10H2,1H3. The molecule has 2 aromatic carbocycles. The molecule has 0 aliphatic carbocycles. The van der Waals surface area contributed by atoms with Gasteiger partial charge in [-0.3, -0.25) is 10.1 Å². The largest absolute Gasteiger partial charge is 0.496 e. The number of nitro benzene ring substituents is 1. The van der Waals surface area contributed by atoms with Crippen molar-refractivity contribution in [3.05, 3.63) is 64.2 Å². The summed E-state index contributed by atoms with van der Waals surface area (Å²) >= 11 is 0. The topological polar surface area (TPSA) is 61.6 Å². The van der Waals surface area contributed by atoms with Gasteiger partial charge in [0.15, 0.2) is 0 Å². The summed E-state index contributed by atoms with van der Waals surface area (Å²) in [4.78, 5) is 10.3. The van der Waals surface area contributed by atoms with E-state index in [1.54, 1.807) is 6.07 Å². The van der Waals surface area contributed by atoms with Crippen LogP contribution in [0.4, 0.5) is 5.69 Å². The van der Waals surface area contributed by atoms with E-state index in [9.17, 15) is 10.1 Å². The van der Waals surface area contributed by atoms with E-state index in [0.29, 0.717) is 17.1 Å². The van der Waals surface area contributed by atoms with Crippen molar-refractivity contribution < 1.29 is 14.4 Å². The molecular weight excluding hydrogens is 246 g/mol. The number of nitro groups is 1. The lowest BCUT2D eigenvalue weighted by Gasteiger charge is -2.10. The summed E-state index contributed by atoms with van der Waals surface area (Å²) in [6.07, 6.45) is 0. The maximum atomic E-state index is 10.8. The lowest BCUT2D eigenvalue weighted by Crippen LogP contribution is -2.00. The van der Waals surface area contributed by atoms with E-state index < -0.39 is 4.92 Å². The lowest BCUT2D eigenvalue weighted by atomic mass is 10.2. The second kappa shape index (κ2) is 5.86. The second-order valence-corrected chi connectivity index (χ2v) is 3.85. The Kier molecular flexibility index (Phi) is 3.97. The number of rotatable bonds is 5. The summed E-state index contributed by atoms with van der Waals surface area (Å²) in [5, 5.41) is 10.8. The summed E-state index contributed by atoms with van der Waals surface area (Å²) in [7, 11) is 1.52. The predicted octanol–water partition coefficient (Wildman–Crippen LogP) is 3.18. The molecule has 5 nitrogen and oxygen atoms in total. The van der Waals surface area contributed by atoms with Crippen LogP contribution in [-0.2, 0) is 6.61 Å². The average molecular weight is 259 g/mol. The Morgan fingerprint density at radius 2 is 1.89 bits per heavy atom. The molecule has 0 saturated carbocycles. The van der Waals surface area contributed by atoms with Crippen molar-refractivity contribution in [3.63, 3.8) is 0 Å². The summed E-state index contributed by atoms with van der Waals surface area (Å²) in [5.74, 6) is 1.28. The van der Waals surface area contributed by atoms with Gasteiger partial charge in [0.1, 0.15) is 18.1 Å². The van der Waals surface area contributed by atoms with Gasteiger partial charge in [-0.15, -0.1) is 0 Å². The molecule has 0 unspecified atom stereocenters. The molecule has 0 bridgehead atoms. The minimum absolute atomic E-state index is 0.0208. The first kappa shape index (κ1) is 12.9. The van der Waals surface area contributed by atoms with Crippen LogP contribution < -0.4 is 9.47 Å². The summed E-state index contributed by atoms with van der Waals surface area (Å²) in [6, 6.07) is 13.7. The van der Waals surface area contributed by atoms with Crippen LogP contribution in [0.25, 0.3) is 0 Å². The SMILES string of the molecule is COc1ccc([N+](=O)[O-])cc1COc1ccccc1. The maximum absolute atomic E-state index is 10.8. The number of methoxy groups -OCH3 is 1. The molecule has 0 spiro atoms. The van der Waals surface area contributed by atoms with E-state index >= 15 is 0 Å². The fraction of sp³-hybridized carbons (Fsp3) is 0.143. The Labute approximate surface area is 110 Å². The van der Waals surface area contributed by atoms with Crippen molar-refractivity contribution in [2.75, 3.05) is 7.11 Å². The first-order valence-corrected chi connectivity index (χ1v) is 5.70. The van der Waals surface area contributed by atoms with Gasteiger partial charge < -0.3 is 9.47 Å². The highest BCUT2D eigenvalue weighted by Gasteiger charge is 2.11. The van der Waals surface area contributed by atoms with Crippen molar-refractivity contribution in [1.82, 2.24) is 0 Å². The fourth-order valence-corrected chi connectivity index (χ4v) is 1.67. The molecule has 2 rings (SSSR count). The van der Waals surface area contributed by atoms with E-state index in [1.165, 1.54) is 19.2 Å². The lowest BCUT2D eigenvalue weighted by molar-refractivity contribution is -0.385. The van der Waals surface area contributed by atoms with Gasteiger partial charge >= 0.3 is 0 Å². The molecular formula is C14H13NO4. The van der Waals surface area contributed by atoms with Crippen LogP contribution in [0, 0.1) is 10.1 Å². The number of hydrogen-bond donors (Lipinski definition) is 0. The molecule has 0 amide bonds. The number of nitrogens with zero attached hydrogens (tertiary/aromatic N) is 1. The molecule has 0 radical (unpaired) electrons. The van der Waals surface area contributed by atoms with Gasteiger partial charge in [-0.2, -0.15) is 0 Å². The van der Waals surface area contributed by atoms with E-state index in [2.05, 4.69) is 0 Å². The highest BCUT2D eigenvalue weighted by Crippen LogP contribution is 2.25. The van der Waals surface area contributed by atoms with Crippen molar-refractivity contribution >= 4 is 5.69 Å². The van der Waals surface area contributed by atoms with Crippen LogP contribution in [0.1, 0.15) is 5.56 Å². The van der Waals surface area contributed by atoms with Crippen LogP contribution in [0.3, 0.4) is 0 Å². The number of ether oxygens (including phenoxy) is 2. The number of benzene rings is 2. The van der Waals surface area contributed by atoms with E-state index in [1.807, 2.05) is 30.3 Å². The monoisotopic (exact) mass is 259 g/mol. The van der Waals surface area contributed by atoms with E-state index in [0.717, 1.165) is 0 Å². The van der Waals surface area contributed by atoms with Crippen molar-refractivity contribution in [2.45, 2.75) is 6.61 Å². The fourth-order valence-electron chi connectivity index (χ4n) is 1.67. The third-order valence-corrected chi connectivity index (χ3v) is 2.61. The molecule has 0 aromatic heterocycles. The van der Waals surface area contributed by atoms with Crippen LogP contribution >= 0.6 is 0 Å². The third kappa shape index (κ3) is 3.22. The zero-order chi connectivity index (χ0) is 13.7. The first-order valence-electron chi connectivity index (χ1n) is 5.70. The first-order chi connectivity index (χ1) is 9.20. The number of hydrogen-bond acceptors (Lipinski definition) is 4. The van der Waals surface area contributed by atoms with E-state index in [4.69, 9.17) is 9.47 Å². The van der Waals surface area contributed by atoms with Crippen molar-refractivity contribution in [1.29, 1.82) is 0 Å². The average Bonchev–Trinajstić information content (AvgIpc) is 2.45. The van der Waals surface area contributed by atoms with Gasteiger partial charge in [0, 0.05) is 17.7 Å².